The van der Waals surface area contributed by atoms with Gasteiger partial charge in [0.15, 0.2) is 11.2 Å². The van der Waals surface area contributed by atoms with E-state index in [1.54, 1.807) is 0 Å². The molecule has 79 heavy (non-hydrogen) atoms. The molecule has 0 bridgehead atoms. The van der Waals surface area contributed by atoms with Crippen molar-refractivity contribution in [3.63, 3.8) is 0 Å². The SMILES string of the molecule is CC(C)c1cccc2c1oc1c(N(c3ccccc3)c3ccc4cc5c(cc4c3)C([Si](C)(C)C)([Si](C)(C)C)c3c-5c4ccccc4c4cc(N(c5ccccc5)c5cccc6c5oc5c(C(C)C)cccc56)ccc34)cccc12. The molecule has 0 unspecified atom stereocenters. The number of furan rings is 2. The molecule has 0 amide bonds. The molecule has 0 N–H and O–H groups in total. The van der Waals surface area contributed by atoms with Crippen molar-refractivity contribution in [3.05, 3.63) is 229 Å². The molecule has 14 rings (SSSR count). The van der Waals surface area contributed by atoms with Crippen molar-refractivity contribution in [2.45, 2.75) is 83.5 Å². The first-order chi connectivity index (χ1) is 38.1. The van der Waals surface area contributed by atoms with E-state index >= 15 is 0 Å². The number of nitrogens with zero attached hydrogens (tertiary/aromatic N) is 2. The molecule has 0 radical (unpaired) electrons. The summed E-state index contributed by atoms with van der Waals surface area (Å²) in [7, 11) is -4.38. The van der Waals surface area contributed by atoms with Gasteiger partial charge in [0.1, 0.15) is 11.2 Å². The summed E-state index contributed by atoms with van der Waals surface area (Å²) in [5, 5.41) is 12.3. The van der Waals surface area contributed by atoms with Crippen LogP contribution in [0.3, 0.4) is 0 Å². The van der Waals surface area contributed by atoms with E-state index in [0.29, 0.717) is 11.8 Å². The first kappa shape index (κ1) is 49.2. The van der Waals surface area contributed by atoms with Gasteiger partial charge in [0.25, 0.3) is 0 Å². The Kier molecular flexibility index (Phi) is 11.2. The number of hydrogen-bond donors (Lipinski definition) is 0. The third-order valence-electron chi connectivity index (χ3n) is 17.6. The summed E-state index contributed by atoms with van der Waals surface area (Å²) in [4.78, 5) is 4.82. The van der Waals surface area contributed by atoms with E-state index in [1.807, 2.05) is 0 Å². The molecule has 0 aliphatic heterocycles. The molecular weight excluding hydrogens is 993 g/mol. The zero-order valence-electron chi connectivity index (χ0n) is 47.0. The molecule has 388 valence electrons. The highest BCUT2D eigenvalue weighted by Gasteiger charge is 2.60. The van der Waals surface area contributed by atoms with Crippen LogP contribution in [-0.4, -0.2) is 16.1 Å². The van der Waals surface area contributed by atoms with Gasteiger partial charge in [-0.25, -0.2) is 0 Å². The highest BCUT2D eigenvalue weighted by molar-refractivity contribution is 7.00. The summed E-state index contributed by atoms with van der Waals surface area (Å²) < 4.78 is 13.9. The summed E-state index contributed by atoms with van der Waals surface area (Å²) in [6.45, 7) is 24.9. The standard InChI is InChI=1S/C73H66N2O2Si2/c1-45(2)53-29-19-31-58-60-33-21-35-65(71(60)76-69(53)58)74(49-23-13-11-14-24-49)51-38-37-47-42-63-64(43-48(47)41-51)73(78(5,6)7,79(8,9)10)68-57-40-39-52(44-62(57)55-27-17-18-28-56(55)67(63)68)75(50-25-15-12-16-26-50)66-36-22-34-61-59-32-20-30-54(46(3)4)70(59)77-72(61)66/h11-46H,1-10H3. The van der Waals surface area contributed by atoms with Crippen LogP contribution in [0.25, 0.3) is 87.3 Å². The quantitative estimate of drug-likeness (QED) is 0.101. The lowest BCUT2D eigenvalue weighted by molar-refractivity contribution is 0.657. The molecule has 2 aromatic heterocycles. The number of benzene rings is 11. The first-order valence-electron chi connectivity index (χ1n) is 28.3. The molecule has 0 spiro atoms. The molecule has 2 heterocycles. The van der Waals surface area contributed by atoms with Gasteiger partial charge in [-0.3, -0.25) is 0 Å². The Morgan fingerprint density at radius 1 is 0.354 bits per heavy atom. The van der Waals surface area contributed by atoms with Crippen LogP contribution in [0.15, 0.2) is 215 Å². The molecule has 1 aliphatic rings. The van der Waals surface area contributed by atoms with Crippen molar-refractivity contribution in [1.82, 2.24) is 0 Å². The van der Waals surface area contributed by atoms with Crippen LogP contribution >= 0.6 is 0 Å². The van der Waals surface area contributed by atoms with Crippen molar-refractivity contribution in [3.8, 4) is 11.1 Å². The van der Waals surface area contributed by atoms with Crippen LogP contribution in [0.2, 0.25) is 39.3 Å². The Hall–Kier alpha value is -8.17. The minimum Gasteiger partial charge on any atom is -0.454 e. The van der Waals surface area contributed by atoms with Gasteiger partial charge in [-0.1, -0.05) is 207 Å². The van der Waals surface area contributed by atoms with Gasteiger partial charge in [-0.2, -0.15) is 0 Å². The monoisotopic (exact) mass is 1060 g/mol. The molecule has 0 atom stereocenters. The van der Waals surface area contributed by atoms with Gasteiger partial charge < -0.3 is 18.6 Å². The van der Waals surface area contributed by atoms with Crippen molar-refractivity contribution < 1.29 is 8.83 Å². The third kappa shape index (κ3) is 7.23. The average Bonchev–Trinajstić information content (AvgIpc) is 3.54. The minimum absolute atomic E-state index is 0.154. The smallest absolute Gasteiger partial charge is 0.159 e. The summed E-state index contributed by atoms with van der Waals surface area (Å²) >= 11 is 0. The van der Waals surface area contributed by atoms with E-state index < -0.39 is 16.1 Å². The predicted octanol–water partition coefficient (Wildman–Crippen LogP) is 22.2. The van der Waals surface area contributed by atoms with Gasteiger partial charge in [0.05, 0.1) is 27.5 Å². The second-order valence-electron chi connectivity index (χ2n) is 24.8. The highest BCUT2D eigenvalue weighted by Crippen LogP contribution is 2.63. The van der Waals surface area contributed by atoms with Crippen LogP contribution in [0.1, 0.15) is 61.8 Å². The first-order valence-corrected chi connectivity index (χ1v) is 35.3. The van der Waals surface area contributed by atoms with E-state index in [1.165, 1.54) is 65.7 Å². The summed E-state index contributed by atoms with van der Waals surface area (Å²) in [6.07, 6.45) is 0. The van der Waals surface area contributed by atoms with E-state index in [-0.39, 0.29) is 4.66 Å². The second-order valence-corrected chi connectivity index (χ2v) is 35.8. The van der Waals surface area contributed by atoms with E-state index in [2.05, 4.69) is 283 Å². The van der Waals surface area contributed by atoms with Crippen LogP contribution in [0.4, 0.5) is 34.1 Å². The molecular formula is C73H66N2O2Si2. The summed E-state index contributed by atoms with van der Waals surface area (Å²) in [5.41, 5.74) is 18.5. The lowest BCUT2D eigenvalue weighted by Gasteiger charge is -2.51. The Morgan fingerprint density at radius 3 is 1.33 bits per heavy atom. The maximum Gasteiger partial charge on any atom is 0.159 e. The van der Waals surface area contributed by atoms with Gasteiger partial charge in [-0.15, -0.1) is 0 Å². The minimum atomic E-state index is -2.19. The molecule has 0 saturated carbocycles. The fourth-order valence-corrected chi connectivity index (χ4v) is 27.7. The average molecular weight is 1060 g/mol. The van der Waals surface area contributed by atoms with Gasteiger partial charge >= 0.3 is 0 Å². The molecule has 4 nitrogen and oxygen atoms in total. The summed E-state index contributed by atoms with van der Waals surface area (Å²) in [6, 6.07) is 77.0. The zero-order chi connectivity index (χ0) is 54.3. The largest absolute Gasteiger partial charge is 0.454 e. The predicted molar refractivity (Wildman–Crippen MR) is 344 cm³/mol. The van der Waals surface area contributed by atoms with Crippen molar-refractivity contribution in [1.29, 1.82) is 0 Å². The third-order valence-corrected chi connectivity index (χ3v) is 27.6. The van der Waals surface area contributed by atoms with Crippen molar-refractivity contribution in [2.75, 3.05) is 9.80 Å². The lowest BCUT2D eigenvalue weighted by Crippen LogP contribution is -2.63. The maximum absolute atomic E-state index is 7.05. The molecule has 6 heteroatoms. The Bertz CT molecular complexity index is 4580. The fourth-order valence-electron chi connectivity index (χ4n) is 14.7. The van der Waals surface area contributed by atoms with Gasteiger partial charge in [0.2, 0.25) is 0 Å². The Morgan fingerprint density at radius 2 is 0.810 bits per heavy atom. The molecule has 11 aromatic carbocycles. The summed E-state index contributed by atoms with van der Waals surface area (Å²) in [5.74, 6) is 0.659. The zero-order valence-corrected chi connectivity index (χ0v) is 49.0. The topological polar surface area (TPSA) is 32.8 Å². The molecule has 13 aromatic rings. The molecule has 1 aliphatic carbocycles. The number of anilines is 6. The van der Waals surface area contributed by atoms with Crippen LogP contribution in [0.5, 0.6) is 0 Å². The lowest BCUT2D eigenvalue weighted by atomic mass is 9.90. The van der Waals surface area contributed by atoms with Crippen LogP contribution in [-0.2, 0) is 4.66 Å². The molecule has 0 fully saturated rings. The normalized spacial score (nSPS) is 13.5. The number of para-hydroxylation sites is 6. The number of rotatable bonds is 10. The van der Waals surface area contributed by atoms with Crippen LogP contribution < -0.4 is 9.80 Å². The van der Waals surface area contributed by atoms with E-state index in [9.17, 15) is 0 Å². The highest BCUT2D eigenvalue weighted by atomic mass is 28.4. The Labute approximate surface area is 465 Å². The van der Waals surface area contributed by atoms with Crippen LogP contribution in [0, 0.1) is 0 Å². The molecule has 0 saturated heterocycles. The van der Waals surface area contributed by atoms with Crippen molar-refractivity contribution >= 4 is 126 Å². The second kappa shape index (κ2) is 17.9. The van der Waals surface area contributed by atoms with Gasteiger partial charge in [0, 0.05) is 49.0 Å². The number of fused-ring (bicyclic) bond motifs is 15. The maximum atomic E-state index is 7.05. The number of hydrogen-bond acceptors (Lipinski definition) is 4. The fraction of sp³-hybridized carbons (Fsp3) is 0.178. The van der Waals surface area contributed by atoms with Gasteiger partial charge in [-0.05, 0) is 144 Å². The Balaban J connectivity index is 1.00. The van der Waals surface area contributed by atoms with Crippen molar-refractivity contribution in [2.24, 2.45) is 0 Å². The van der Waals surface area contributed by atoms with E-state index in [0.717, 1.165) is 78.0 Å². The van der Waals surface area contributed by atoms with E-state index in [4.69, 9.17) is 8.83 Å².